The van der Waals surface area contributed by atoms with Gasteiger partial charge in [0, 0.05) is 57.3 Å². The number of piperazine rings is 1. The van der Waals surface area contributed by atoms with Gasteiger partial charge in [-0.3, -0.25) is 9.89 Å². The fourth-order valence-corrected chi connectivity index (χ4v) is 3.31. The van der Waals surface area contributed by atoms with E-state index in [9.17, 15) is 0 Å². The summed E-state index contributed by atoms with van der Waals surface area (Å²) < 4.78 is 5.14. The number of nitrogens with two attached hydrogens (primary N) is 1. The van der Waals surface area contributed by atoms with Crippen molar-refractivity contribution in [2.24, 2.45) is 10.7 Å². The molecule has 3 rings (SSSR count). The molecule has 8 nitrogen and oxygen atoms in total. The number of ether oxygens (including phenoxy) is 1. The van der Waals surface area contributed by atoms with Crippen LogP contribution in [-0.4, -0.2) is 67.2 Å². The van der Waals surface area contributed by atoms with Crippen molar-refractivity contribution in [1.82, 2.24) is 14.9 Å². The van der Waals surface area contributed by atoms with E-state index in [4.69, 9.17) is 22.1 Å². The smallest absolute Gasteiger partial charge is 0.225 e. The lowest BCUT2D eigenvalue weighted by molar-refractivity contribution is 0.255. The maximum atomic E-state index is 6.11. The van der Waals surface area contributed by atoms with Crippen LogP contribution in [0.1, 0.15) is 6.42 Å². The molecule has 2 aromatic rings. The Morgan fingerprint density at radius 2 is 2.00 bits per heavy atom. The zero-order valence-corrected chi connectivity index (χ0v) is 16.8. The van der Waals surface area contributed by atoms with E-state index < -0.39 is 0 Å². The molecule has 9 heteroatoms. The number of hydrogen-bond acceptors (Lipinski definition) is 6. The summed E-state index contributed by atoms with van der Waals surface area (Å²) in [7, 11) is 1.58. The van der Waals surface area contributed by atoms with Gasteiger partial charge in [0.25, 0.3) is 0 Å². The predicted octanol–water partition coefficient (Wildman–Crippen LogP) is 2.08. The molecule has 0 atom stereocenters. The standard InChI is InChI=1S/C19H26ClN7O/c1-28-17-5-4-15(14-16(17)20)25-18(21)22-8-3-9-26-10-12-27(13-11-26)19-23-6-2-7-24-19/h2,4-7,14H,3,8-13H2,1H3,(H3,21,22,25). The molecular formula is C19H26ClN7O. The third-order valence-corrected chi connectivity index (χ3v) is 4.84. The van der Waals surface area contributed by atoms with Crippen LogP contribution in [0.4, 0.5) is 11.6 Å². The van der Waals surface area contributed by atoms with E-state index in [1.165, 1.54) is 0 Å². The van der Waals surface area contributed by atoms with Gasteiger partial charge in [0.1, 0.15) is 5.75 Å². The Labute approximate surface area is 170 Å². The van der Waals surface area contributed by atoms with Crippen LogP contribution in [0.2, 0.25) is 5.02 Å². The molecule has 1 aromatic heterocycles. The van der Waals surface area contributed by atoms with Crippen molar-refractivity contribution in [3.05, 3.63) is 41.7 Å². The topological polar surface area (TPSA) is 91.9 Å². The second kappa shape index (κ2) is 10.1. The number of nitrogens with zero attached hydrogens (tertiary/aromatic N) is 5. The second-order valence-corrected chi connectivity index (χ2v) is 6.88. The van der Waals surface area contributed by atoms with Crippen molar-refractivity contribution in [1.29, 1.82) is 0 Å². The minimum atomic E-state index is 0.382. The Bertz CT molecular complexity index is 779. The van der Waals surface area contributed by atoms with Gasteiger partial charge >= 0.3 is 0 Å². The molecular weight excluding hydrogens is 378 g/mol. The summed E-state index contributed by atoms with van der Waals surface area (Å²) in [6.45, 7) is 5.55. The highest BCUT2D eigenvalue weighted by atomic mass is 35.5. The monoisotopic (exact) mass is 403 g/mol. The van der Waals surface area contributed by atoms with E-state index in [2.05, 4.69) is 30.1 Å². The maximum absolute atomic E-state index is 6.11. The second-order valence-electron chi connectivity index (χ2n) is 6.47. The largest absolute Gasteiger partial charge is 0.495 e. The molecule has 3 N–H and O–H groups in total. The van der Waals surface area contributed by atoms with Crippen LogP contribution < -0.4 is 20.7 Å². The summed E-state index contributed by atoms with van der Waals surface area (Å²) in [4.78, 5) is 17.7. The van der Waals surface area contributed by atoms with Crippen molar-refractivity contribution in [3.63, 3.8) is 0 Å². The van der Waals surface area contributed by atoms with E-state index in [0.29, 0.717) is 23.3 Å². The van der Waals surface area contributed by atoms with Crippen LogP contribution in [0.5, 0.6) is 5.75 Å². The molecule has 150 valence electrons. The van der Waals surface area contributed by atoms with Gasteiger partial charge in [0.2, 0.25) is 5.95 Å². The molecule has 1 aromatic carbocycles. The average molecular weight is 404 g/mol. The van der Waals surface area contributed by atoms with Crippen molar-refractivity contribution < 1.29 is 4.74 Å². The zero-order valence-electron chi connectivity index (χ0n) is 16.0. The van der Waals surface area contributed by atoms with Gasteiger partial charge < -0.3 is 20.7 Å². The molecule has 0 radical (unpaired) electrons. The van der Waals surface area contributed by atoms with E-state index in [0.717, 1.165) is 50.8 Å². The summed E-state index contributed by atoms with van der Waals surface area (Å²) in [5.41, 5.74) is 6.74. The lowest BCUT2D eigenvalue weighted by Crippen LogP contribution is -2.47. The van der Waals surface area contributed by atoms with Crippen LogP contribution in [0.3, 0.4) is 0 Å². The number of hydrogen-bond donors (Lipinski definition) is 2. The summed E-state index contributed by atoms with van der Waals surface area (Å²) in [6.07, 6.45) is 4.52. The first kappa shape index (κ1) is 20.2. The summed E-state index contributed by atoms with van der Waals surface area (Å²) in [5, 5.41) is 3.58. The fourth-order valence-electron chi connectivity index (χ4n) is 3.05. The number of guanidine groups is 1. The first-order valence-electron chi connectivity index (χ1n) is 9.30. The number of methoxy groups -OCH3 is 1. The SMILES string of the molecule is COc1ccc(NC(N)=NCCCN2CCN(c3ncccn3)CC2)cc1Cl. The third kappa shape index (κ3) is 5.71. The number of benzene rings is 1. The molecule has 2 heterocycles. The zero-order chi connectivity index (χ0) is 19.8. The average Bonchev–Trinajstić information content (AvgIpc) is 2.72. The summed E-state index contributed by atoms with van der Waals surface area (Å²) in [6, 6.07) is 7.24. The number of halogens is 1. The van der Waals surface area contributed by atoms with Gasteiger partial charge in [-0.15, -0.1) is 0 Å². The molecule has 0 aliphatic carbocycles. The van der Waals surface area contributed by atoms with Gasteiger partial charge in [0.05, 0.1) is 12.1 Å². The number of aromatic nitrogens is 2. The van der Waals surface area contributed by atoms with Gasteiger partial charge in [-0.1, -0.05) is 11.6 Å². The van der Waals surface area contributed by atoms with Gasteiger partial charge in [-0.05, 0) is 30.7 Å². The Morgan fingerprint density at radius 3 is 2.68 bits per heavy atom. The Balaban J connectivity index is 1.36. The Hall–Kier alpha value is -2.58. The van der Waals surface area contributed by atoms with Gasteiger partial charge in [-0.2, -0.15) is 0 Å². The van der Waals surface area contributed by atoms with Crippen molar-refractivity contribution in [2.75, 3.05) is 56.6 Å². The minimum Gasteiger partial charge on any atom is -0.495 e. The molecule has 0 unspecified atom stereocenters. The van der Waals surface area contributed by atoms with Crippen LogP contribution in [0.15, 0.2) is 41.7 Å². The Morgan fingerprint density at radius 1 is 1.25 bits per heavy atom. The quantitative estimate of drug-likeness (QED) is 0.415. The summed E-state index contributed by atoms with van der Waals surface area (Å²) >= 11 is 6.11. The van der Waals surface area contributed by atoms with Crippen molar-refractivity contribution in [3.8, 4) is 5.75 Å². The highest BCUT2D eigenvalue weighted by Crippen LogP contribution is 2.27. The van der Waals surface area contributed by atoms with E-state index in [-0.39, 0.29) is 0 Å². The molecule has 28 heavy (non-hydrogen) atoms. The first-order valence-corrected chi connectivity index (χ1v) is 9.68. The molecule has 0 saturated carbocycles. The molecule has 1 aliphatic rings. The normalized spacial score (nSPS) is 15.5. The van der Waals surface area contributed by atoms with Gasteiger partial charge in [0.15, 0.2) is 5.96 Å². The van der Waals surface area contributed by atoms with E-state index >= 15 is 0 Å². The highest BCUT2D eigenvalue weighted by molar-refractivity contribution is 6.32. The number of nitrogens with one attached hydrogen (secondary N) is 1. The van der Waals surface area contributed by atoms with Crippen molar-refractivity contribution in [2.45, 2.75) is 6.42 Å². The van der Waals surface area contributed by atoms with Crippen molar-refractivity contribution >= 4 is 29.2 Å². The predicted molar refractivity (Wildman–Crippen MR) is 113 cm³/mol. The first-order chi connectivity index (χ1) is 13.7. The molecule has 1 fully saturated rings. The third-order valence-electron chi connectivity index (χ3n) is 4.55. The minimum absolute atomic E-state index is 0.382. The molecule has 0 bridgehead atoms. The molecule has 1 saturated heterocycles. The number of anilines is 2. The molecule has 1 aliphatic heterocycles. The fraction of sp³-hybridized carbons (Fsp3) is 0.421. The van der Waals surface area contributed by atoms with Crippen LogP contribution in [0.25, 0.3) is 0 Å². The van der Waals surface area contributed by atoms with E-state index in [1.807, 2.05) is 12.1 Å². The maximum Gasteiger partial charge on any atom is 0.225 e. The highest BCUT2D eigenvalue weighted by Gasteiger charge is 2.18. The van der Waals surface area contributed by atoms with Crippen LogP contribution in [0, 0.1) is 0 Å². The number of aliphatic imine (C=N–C) groups is 1. The Kier molecular flexibility index (Phi) is 7.27. The molecule has 0 amide bonds. The van der Waals surface area contributed by atoms with E-state index in [1.54, 1.807) is 31.6 Å². The lowest BCUT2D eigenvalue weighted by atomic mass is 10.3. The number of rotatable bonds is 7. The van der Waals surface area contributed by atoms with Crippen LogP contribution >= 0.6 is 11.6 Å². The van der Waals surface area contributed by atoms with Gasteiger partial charge in [-0.25, -0.2) is 9.97 Å². The lowest BCUT2D eigenvalue weighted by Gasteiger charge is -2.34. The summed E-state index contributed by atoms with van der Waals surface area (Å²) in [5.74, 6) is 1.82. The van der Waals surface area contributed by atoms with Crippen LogP contribution in [-0.2, 0) is 0 Å². The molecule has 0 spiro atoms.